The smallest absolute Gasteiger partial charge is 0.145 e. The number of nitrogens with two attached hydrogens (primary N) is 1. The van der Waals surface area contributed by atoms with E-state index in [1.165, 1.54) is 18.4 Å². The summed E-state index contributed by atoms with van der Waals surface area (Å²) >= 11 is 0. The molecule has 2 atom stereocenters. The summed E-state index contributed by atoms with van der Waals surface area (Å²) in [4.78, 5) is 8.52. The molecule has 1 aliphatic rings. The largest absolute Gasteiger partial charge is 0.383 e. The Morgan fingerprint density at radius 1 is 1.22 bits per heavy atom. The van der Waals surface area contributed by atoms with E-state index in [4.69, 9.17) is 5.73 Å². The molecule has 0 bridgehead atoms. The highest BCUT2D eigenvalue weighted by Gasteiger charge is 2.30. The summed E-state index contributed by atoms with van der Waals surface area (Å²) in [5, 5.41) is 1.02. The molecule has 2 unspecified atom stereocenters. The fourth-order valence-corrected chi connectivity index (χ4v) is 3.22. The molecule has 1 saturated carbocycles. The molecule has 2 aromatic heterocycles. The predicted octanol–water partition coefficient (Wildman–Crippen LogP) is 2.93. The Morgan fingerprint density at radius 3 is 2.56 bits per heavy atom. The first-order valence-electron chi connectivity index (χ1n) is 6.65. The Labute approximate surface area is 107 Å². The Morgan fingerprint density at radius 2 is 1.89 bits per heavy atom. The molecule has 4 nitrogen and oxygen atoms in total. The summed E-state index contributed by atoms with van der Waals surface area (Å²) in [5.74, 6) is 2.16. The van der Waals surface area contributed by atoms with E-state index in [1.807, 2.05) is 0 Å². The van der Waals surface area contributed by atoms with Gasteiger partial charge in [0.15, 0.2) is 0 Å². The Kier molecular flexibility index (Phi) is 2.54. The van der Waals surface area contributed by atoms with Gasteiger partial charge in [-0.3, -0.25) is 0 Å². The van der Waals surface area contributed by atoms with Crippen LogP contribution in [0.1, 0.15) is 38.3 Å². The van der Waals surface area contributed by atoms with Crippen LogP contribution >= 0.6 is 0 Å². The van der Waals surface area contributed by atoms with E-state index in [9.17, 15) is 0 Å². The molecular formula is C14H20N4. The molecular weight excluding hydrogens is 224 g/mol. The van der Waals surface area contributed by atoms with E-state index in [0.717, 1.165) is 22.9 Å². The van der Waals surface area contributed by atoms with Crippen molar-refractivity contribution in [3.8, 4) is 0 Å². The van der Waals surface area contributed by atoms with Gasteiger partial charge in [-0.1, -0.05) is 13.8 Å². The molecule has 2 N–H and O–H groups in total. The third kappa shape index (κ3) is 1.59. The van der Waals surface area contributed by atoms with Gasteiger partial charge in [0.05, 0.1) is 5.39 Å². The minimum Gasteiger partial charge on any atom is -0.383 e. The van der Waals surface area contributed by atoms with Gasteiger partial charge < -0.3 is 10.3 Å². The van der Waals surface area contributed by atoms with Crippen LogP contribution < -0.4 is 5.73 Å². The maximum absolute atomic E-state index is 5.96. The van der Waals surface area contributed by atoms with Crippen molar-refractivity contribution in [2.24, 2.45) is 11.8 Å². The molecule has 18 heavy (non-hydrogen) atoms. The van der Waals surface area contributed by atoms with Crippen LogP contribution in [-0.4, -0.2) is 14.5 Å². The zero-order valence-electron chi connectivity index (χ0n) is 11.2. The SMILES string of the molecule is Cc1cn(C2CC(C)C(C)C2)c2ncnc(N)c12. The maximum atomic E-state index is 5.96. The van der Waals surface area contributed by atoms with Crippen LogP contribution in [-0.2, 0) is 0 Å². The fourth-order valence-electron chi connectivity index (χ4n) is 3.22. The second kappa shape index (κ2) is 3.97. The average Bonchev–Trinajstić information content (AvgIpc) is 2.82. The van der Waals surface area contributed by atoms with Crippen molar-refractivity contribution < 1.29 is 0 Å². The van der Waals surface area contributed by atoms with Crippen LogP contribution in [0.2, 0.25) is 0 Å². The number of rotatable bonds is 1. The topological polar surface area (TPSA) is 56.7 Å². The quantitative estimate of drug-likeness (QED) is 0.839. The highest BCUT2D eigenvalue weighted by Crippen LogP contribution is 2.41. The van der Waals surface area contributed by atoms with Crippen LogP contribution in [0.25, 0.3) is 11.0 Å². The highest BCUT2D eigenvalue weighted by atomic mass is 15.1. The van der Waals surface area contributed by atoms with Gasteiger partial charge in [-0.2, -0.15) is 0 Å². The molecule has 4 heteroatoms. The van der Waals surface area contributed by atoms with Crippen molar-refractivity contribution in [2.45, 2.75) is 39.7 Å². The van der Waals surface area contributed by atoms with Gasteiger partial charge in [-0.15, -0.1) is 0 Å². The van der Waals surface area contributed by atoms with Crippen LogP contribution in [0.15, 0.2) is 12.5 Å². The number of hydrogen-bond acceptors (Lipinski definition) is 3. The fraction of sp³-hybridized carbons (Fsp3) is 0.571. The predicted molar refractivity (Wildman–Crippen MR) is 73.3 cm³/mol. The number of aromatic nitrogens is 3. The summed E-state index contributed by atoms with van der Waals surface area (Å²) < 4.78 is 2.31. The van der Waals surface area contributed by atoms with Gasteiger partial charge in [-0.05, 0) is 37.2 Å². The van der Waals surface area contributed by atoms with E-state index in [2.05, 4.69) is 41.5 Å². The second-order valence-electron chi connectivity index (χ2n) is 5.76. The van der Waals surface area contributed by atoms with Crippen LogP contribution in [0, 0.1) is 18.8 Å². The molecule has 0 spiro atoms. The molecule has 0 saturated heterocycles. The molecule has 0 aliphatic heterocycles. The van der Waals surface area contributed by atoms with Gasteiger partial charge in [-0.25, -0.2) is 9.97 Å². The van der Waals surface area contributed by atoms with Crippen molar-refractivity contribution in [1.82, 2.24) is 14.5 Å². The van der Waals surface area contributed by atoms with E-state index in [0.29, 0.717) is 11.9 Å². The molecule has 0 aromatic carbocycles. The third-order valence-corrected chi connectivity index (χ3v) is 4.48. The summed E-state index contributed by atoms with van der Waals surface area (Å²) in [7, 11) is 0. The van der Waals surface area contributed by atoms with Crippen LogP contribution in [0.4, 0.5) is 5.82 Å². The number of anilines is 1. The van der Waals surface area contributed by atoms with E-state index in [-0.39, 0.29) is 0 Å². The van der Waals surface area contributed by atoms with Crippen molar-refractivity contribution in [2.75, 3.05) is 5.73 Å². The lowest BCUT2D eigenvalue weighted by atomic mass is 10.0. The normalized spacial score (nSPS) is 28.1. The highest BCUT2D eigenvalue weighted by molar-refractivity contribution is 5.89. The van der Waals surface area contributed by atoms with Gasteiger partial charge >= 0.3 is 0 Å². The molecule has 2 aromatic rings. The third-order valence-electron chi connectivity index (χ3n) is 4.48. The summed E-state index contributed by atoms with van der Waals surface area (Å²) in [6.07, 6.45) is 6.21. The molecule has 2 heterocycles. The molecule has 3 rings (SSSR count). The zero-order chi connectivity index (χ0) is 12.9. The van der Waals surface area contributed by atoms with E-state index >= 15 is 0 Å². The number of aryl methyl sites for hydroxylation is 1. The maximum Gasteiger partial charge on any atom is 0.145 e. The standard InChI is InChI=1S/C14H20N4/c1-8-4-11(5-9(8)2)18-6-10(3)12-13(15)16-7-17-14(12)18/h6-9,11H,4-5H2,1-3H3,(H2,15,16,17). The zero-order valence-corrected chi connectivity index (χ0v) is 11.2. The lowest BCUT2D eigenvalue weighted by Crippen LogP contribution is -2.05. The molecule has 0 radical (unpaired) electrons. The molecule has 1 fully saturated rings. The van der Waals surface area contributed by atoms with Gasteiger partial charge in [0.1, 0.15) is 17.8 Å². The Bertz CT molecular complexity index is 577. The van der Waals surface area contributed by atoms with Gasteiger partial charge in [0.25, 0.3) is 0 Å². The van der Waals surface area contributed by atoms with Crippen molar-refractivity contribution in [1.29, 1.82) is 0 Å². The monoisotopic (exact) mass is 244 g/mol. The summed E-state index contributed by atoms with van der Waals surface area (Å²) in [6.45, 7) is 6.76. The van der Waals surface area contributed by atoms with Gasteiger partial charge in [0.2, 0.25) is 0 Å². The minimum absolute atomic E-state index is 0.556. The van der Waals surface area contributed by atoms with E-state index in [1.54, 1.807) is 6.33 Å². The van der Waals surface area contributed by atoms with E-state index < -0.39 is 0 Å². The van der Waals surface area contributed by atoms with Crippen LogP contribution in [0.3, 0.4) is 0 Å². The molecule has 0 amide bonds. The van der Waals surface area contributed by atoms with Crippen molar-refractivity contribution >= 4 is 16.9 Å². The second-order valence-corrected chi connectivity index (χ2v) is 5.76. The Hall–Kier alpha value is -1.58. The lowest BCUT2D eigenvalue weighted by molar-refractivity contribution is 0.457. The molecule has 96 valence electrons. The average molecular weight is 244 g/mol. The number of nitrogens with zero attached hydrogens (tertiary/aromatic N) is 3. The lowest BCUT2D eigenvalue weighted by Gasteiger charge is -2.13. The first kappa shape index (κ1) is 11.5. The van der Waals surface area contributed by atoms with Crippen molar-refractivity contribution in [3.63, 3.8) is 0 Å². The molecule has 1 aliphatic carbocycles. The van der Waals surface area contributed by atoms with Gasteiger partial charge in [0, 0.05) is 12.2 Å². The summed E-state index contributed by atoms with van der Waals surface area (Å²) in [6, 6.07) is 0.556. The minimum atomic E-state index is 0.556. The Balaban J connectivity index is 2.11. The first-order valence-corrected chi connectivity index (χ1v) is 6.65. The van der Waals surface area contributed by atoms with Crippen LogP contribution in [0.5, 0.6) is 0 Å². The first-order chi connectivity index (χ1) is 8.58. The number of nitrogen functional groups attached to an aromatic ring is 1. The number of fused-ring (bicyclic) bond motifs is 1. The number of hydrogen-bond donors (Lipinski definition) is 1. The summed E-state index contributed by atoms with van der Waals surface area (Å²) in [5.41, 5.74) is 8.13. The van der Waals surface area contributed by atoms with Crippen molar-refractivity contribution in [3.05, 3.63) is 18.1 Å².